The maximum absolute atomic E-state index is 4.14. The third-order valence-electron chi connectivity index (χ3n) is 2.60. The zero-order chi connectivity index (χ0) is 12.1. The van der Waals surface area contributed by atoms with Crippen LogP contribution in [-0.4, -0.2) is 16.5 Å². The van der Waals surface area contributed by atoms with Crippen molar-refractivity contribution >= 4 is 21.7 Å². The summed E-state index contributed by atoms with van der Waals surface area (Å²) in [4.78, 5) is 8.13. The summed E-state index contributed by atoms with van der Waals surface area (Å²) in [5, 5.41) is 3.28. The average molecular weight is 292 g/mol. The van der Waals surface area contributed by atoms with E-state index >= 15 is 0 Å². The first-order valence-electron chi connectivity index (χ1n) is 5.51. The second-order valence-corrected chi connectivity index (χ2v) is 4.64. The predicted octanol–water partition coefficient (Wildman–Crippen LogP) is 3.20. The summed E-state index contributed by atoms with van der Waals surface area (Å²) in [5.41, 5.74) is 2.70. The Labute approximate surface area is 109 Å². The summed E-state index contributed by atoms with van der Waals surface area (Å²) < 4.78 is 0.797. The summed E-state index contributed by atoms with van der Waals surface area (Å²) in [6, 6.07) is 10.3. The number of hydrogen-bond acceptors (Lipinski definition) is 3. The third-order valence-corrected chi connectivity index (χ3v) is 3.03. The maximum Gasteiger partial charge on any atom is 0.130 e. The molecule has 0 unspecified atom stereocenters. The Morgan fingerprint density at radius 3 is 2.82 bits per heavy atom. The molecular weight excluding hydrogens is 278 g/mol. The van der Waals surface area contributed by atoms with Crippen LogP contribution in [0.15, 0.2) is 41.3 Å². The van der Waals surface area contributed by atoms with E-state index in [2.05, 4.69) is 62.4 Å². The zero-order valence-electron chi connectivity index (χ0n) is 9.65. The molecule has 0 saturated carbocycles. The number of rotatable bonds is 4. The molecule has 3 nitrogen and oxygen atoms in total. The van der Waals surface area contributed by atoms with E-state index in [9.17, 15) is 0 Å². The molecule has 0 aliphatic carbocycles. The highest BCUT2D eigenvalue weighted by Crippen LogP contribution is 2.11. The summed E-state index contributed by atoms with van der Waals surface area (Å²) in [7, 11) is 0. The summed E-state index contributed by atoms with van der Waals surface area (Å²) in [6.07, 6.45) is 2.54. The SMILES string of the molecule is Cc1ccccc1CCNc1cc(Br)ncn1. The molecule has 0 radical (unpaired) electrons. The molecule has 0 aliphatic rings. The number of nitrogens with zero attached hydrogens (tertiary/aromatic N) is 2. The number of aromatic nitrogens is 2. The van der Waals surface area contributed by atoms with Crippen LogP contribution in [0.4, 0.5) is 5.82 Å². The van der Waals surface area contributed by atoms with Gasteiger partial charge in [-0.2, -0.15) is 0 Å². The van der Waals surface area contributed by atoms with Crippen molar-refractivity contribution in [1.29, 1.82) is 0 Å². The van der Waals surface area contributed by atoms with E-state index in [1.54, 1.807) is 6.33 Å². The fraction of sp³-hybridized carbons (Fsp3) is 0.231. The summed E-state index contributed by atoms with van der Waals surface area (Å²) in [6.45, 7) is 3.00. The van der Waals surface area contributed by atoms with E-state index < -0.39 is 0 Å². The molecular formula is C13H14BrN3. The van der Waals surface area contributed by atoms with Crippen molar-refractivity contribution in [2.75, 3.05) is 11.9 Å². The Balaban J connectivity index is 1.90. The molecule has 1 aromatic carbocycles. The van der Waals surface area contributed by atoms with Crippen LogP contribution in [0.1, 0.15) is 11.1 Å². The highest BCUT2D eigenvalue weighted by molar-refractivity contribution is 9.10. The molecule has 1 N–H and O–H groups in total. The van der Waals surface area contributed by atoms with Crippen LogP contribution in [0, 0.1) is 6.92 Å². The molecule has 1 heterocycles. The summed E-state index contributed by atoms with van der Waals surface area (Å²) in [5.74, 6) is 0.848. The zero-order valence-corrected chi connectivity index (χ0v) is 11.2. The van der Waals surface area contributed by atoms with Crippen molar-refractivity contribution in [1.82, 2.24) is 9.97 Å². The van der Waals surface area contributed by atoms with E-state index in [4.69, 9.17) is 0 Å². The van der Waals surface area contributed by atoms with Crippen molar-refractivity contribution < 1.29 is 0 Å². The lowest BCUT2D eigenvalue weighted by Gasteiger charge is -2.07. The van der Waals surface area contributed by atoms with Crippen LogP contribution < -0.4 is 5.32 Å². The van der Waals surface area contributed by atoms with Gasteiger partial charge in [0.15, 0.2) is 0 Å². The number of nitrogens with one attached hydrogen (secondary N) is 1. The molecule has 0 saturated heterocycles. The number of benzene rings is 1. The Morgan fingerprint density at radius 1 is 1.24 bits per heavy atom. The second kappa shape index (κ2) is 5.77. The van der Waals surface area contributed by atoms with Crippen LogP contribution >= 0.6 is 15.9 Å². The average Bonchev–Trinajstić information content (AvgIpc) is 2.32. The van der Waals surface area contributed by atoms with Crippen LogP contribution in [0.5, 0.6) is 0 Å². The highest BCUT2D eigenvalue weighted by atomic mass is 79.9. The van der Waals surface area contributed by atoms with Gasteiger partial charge in [-0.1, -0.05) is 24.3 Å². The second-order valence-electron chi connectivity index (χ2n) is 3.83. The molecule has 4 heteroatoms. The van der Waals surface area contributed by atoms with Crippen LogP contribution in [0.2, 0.25) is 0 Å². The normalized spacial score (nSPS) is 10.2. The van der Waals surface area contributed by atoms with Gasteiger partial charge >= 0.3 is 0 Å². The van der Waals surface area contributed by atoms with E-state index in [1.165, 1.54) is 11.1 Å². The molecule has 17 heavy (non-hydrogen) atoms. The Hall–Kier alpha value is -1.42. The molecule has 2 rings (SSSR count). The molecule has 0 atom stereocenters. The van der Waals surface area contributed by atoms with Gasteiger partial charge in [-0.05, 0) is 40.4 Å². The molecule has 0 bridgehead atoms. The van der Waals surface area contributed by atoms with E-state index in [-0.39, 0.29) is 0 Å². The maximum atomic E-state index is 4.14. The van der Waals surface area contributed by atoms with Crippen molar-refractivity contribution in [2.45, 2.75) is 13.3 Å². The van der Waals surface area contributed by atoms with Gasteiger partial charge in [-0.3, -0.25) is 0 Å². The molecule has 0 fully saturated rings. The fourth-order valence-electron chi connectivity index (χ4n) is 1.65. The largest absolute Gasteiger partial charge is 0.370 e. The van der Waals surface area contributed by atoms with Gasteiger partial charge in [-0.15, -0.1) is 0 Å². The minimum absolute atomic E-state index is 0.797. The summed E-state index contributed by atoms with van der Waals surface area (Å²) >= 11 is 3.32. The molecule has 0 aliphatic heterocycles. The van der Waals surface area contributed by atoms with Crippen LogP contribution in [0.25, 0.3) is 0 Å². The van der Waals surface area contributed by atoms with Gasteiger partial charge in [0, 0.05) is 12.6 Å². The fourth-order valence-corrected chi connectivity index (χ4v) is 1.95. The monoisotopic (exact) mass is 291 g/mol. The molecule has 0 amide bonds. The Bertz CT molecular complexity index is 500. The molecule has 88 valence electrons. The van der Waals surface area contributed by atoms with Gasteiger partial charge < -0.3 is 5.32 Å². The van der Waals surface area contributed by atoms with Gasteiger partial charge in [0.1, 0.15) is 16.7 Å². The third kappa shape index (κ3) is 3.53. The Morgan fingerprint density at radius 2 is 2.06 bits per heavy atom. The quantitative estimate of drug-likeness (QED) is 0.879. The van der Waals surface area contributed by atoms with Gasteiger partial charge in [0.05, 0.1) is 0 Å². The van der Waals surface area contributed by atoms with Crippen LogP contribution in [0.3, 0.4) is 0 Å². The topological polar surface area (TPSA) is 37.8 Å². The smallest absolute Gasteiger partial charge is 0.130 e. The lowest BCUT2D eigenvalue weighted by Crippen LogP contribution is -2.07. The standard InChI is InChI=1S/C13H14BrN3/c1-10-4-2-3-5-11(10)6-7-15-13-8-12(14)16-9-17-13/h2-5,8-9H,6-7H2,1H3,(H,15,16,17). The first kappa shape index (κ1) is 12.0. The van der Waals surface area contributed by atoms with Gasteiger partial charge in [0.2, 0.25) is 0 Å². The van der Waals surface area contributed by atoms with Crippen molar-refractivity contribution in [3.63, 3.8) is 0 Å². The first-order valence-corrected chi connectivity index (χ1v) is 6.31. The highest BCUT2D eigenvalue weighted by Gasteiger charge is 1.98. The first-order chi connectivity index (χ1) is 8.25. The lowest BCUT2D eigenvalue weighted by atomic mass is 10.1. The number of aryl methyl sites for hydroxylation is 1. The van der Waals surface area contributed by atoms with Crippen LogP contribution in [-0.2, 0) is 6.42 Å². The van der Waals surface area contributed by atoms with E-state index in [1.807, 2.05) is 6.07 Å². The van der Waals surface area contributed by atoms with Crippen molar-refractivity contribution in [3.8, 4) is 0 Å². The number of hydrogen-bond donors (Lipinski definition) is 1. The van der Waals surface area contributed by atoms with Crippen molar-refractivity contribution in [2.24, 2.45) is 0 Å². The van der Waals surface area contributed by atoms with Gasteiger partial charge in [-0.25, -0.2) is 9.97 Å². The Kier molecular flexibility index (Phi) is 4.09. The minimum atomic E-state index is 0.797. The van der Waals surface area contributed by atoms with E-state index in [0.717, 1.165) is 23.4 Å². The van der Waals surface area contributed by atoms with Crippen molar-refractivity contribution in [3.05, 3.63) is 52.4 Å². The molecule has 2 aromatic rings. The molecule has 0 spiro atoms. The van der Waals surface area contributed by atoms with E-state index in [0.29, 0.717) is 0 Å². The molecule has 1 aromatic heterocycles. The number of anilines is 1. The minimum Gasteiger partial charge on any atom is -0.370 e. The van der Waals surface area contributed by atoms with Gasteiger partial charge in [0.25, 0.3) is 0 Å². The predicted molar refractivity (Wildman–Crippen MR) is 73.1 cm³/mol. The lowest BCUT2D eigenvalue weighted by molar-refractivity contribution is 0.985. The number of halogens is 1.